The van der Waals surface area contributed by atoms with Gasteiger partial charge in [-0.05, 0) is 18.2 Å². The van der Waals surface area contributed by atoms with Crippen LogP contribution in [0.3, 0.4) is 0 Å². The van der Waals surface area contributed by atoms with Gasteiger partial charge in [-0.1, -0.05) is 6.07 Å². The Kier molecular flexibility index (Phi) is 1.41. The Morgan fingerprint density at radius 1 is 0.857 bits per heavy atom. The van der Waals surface area contributed by atoms with Gasteiger partial charge in [0.15, 0.2) is 0 Å². The van der Waals surface area contributed by atoms with Gasteiger partial charge in [-0.15, -0.1) is 10.2 Å². The average molecular weight is 182 g/mol. The number of nitrogens with zero attached hydrogens (tertiary/aromatic N) is 4. The highest BCUT2D eigenvalue weighted by molar-refractivity contribution is 5.81. The minimum atomic E-state index is 0.804. The molecule has 3 heterocycles. The highest BCUT2D eigenvalue weighted by Crippen LogP contribution is 2.42. The van der Waals surface area contributed by atoms with Crippen LogP contribution in [0.5, 0.6) is 0 Å². The molecule has 4 nitrogen and oxygen atoms in total. The number of azo groups is 1. The van der Waals surface area contributed by atoms with E-state index in [2.05, 4.69) is 20.2 Å². The van der Waals surface area contributed by atoms with E-state index in [1.807, 2.05) is 24.3 Å². The van der Waals surface area contributed by atoms with Crippen LogP contribution >= 0.6 is 0 Å². The summed E-state index contributed by atoms with van der Waals surface area (Å²) in [5.41, 5.74) is 3.37. The maximum absolute atomic E-state index is 4.24. The molecule has 0 aromatic carbocycles. The summed E-state index contributed by atoms with van der Waals surface area (Å²) < 4.78 is 0. The van der Waals surface area contributed by atoms with Crippen LogP contribution < -0.4 is 0 Å². The van der Waals surface area contributed by atoms with Gasteiger partial charge in [0, 0.05) is 12.4 Å². The maximum atomic E-state index is 4.24. The van der Waals surface area contributed by atoms with E-state index in [1.165, 1.54) is 0 Å². The first-order valence-electron chi connectivity index (χ1n) is 4.27. The summed E-state index contributed by atoms with van der Waals surface area (Å²) in [4.78, 5) is 8.46. The van der Waals surface area contributed by atoms with Crippen LogP contribution in [0.25, 0.3) is 11.4 Å². The topological polar surface area (TPSA) is 50.5 Å². The Morgan fingerprint density at radius 2 is 1.86 bits per heavy atom. The summed E-state index contributed by atoms with van der Waals surface area (Å²) >= 11 is 0. The highest BCUT2D eigenvalue weighted by atomic mass is 15.2. The van der Waals surface area contributed by atoms with Crippen LogP contribution in [0.4, 0.5) is 11.4 Å². The zero-order valence-corrected chi connectivity index (χ0v) is 7.25. The molecule has 3 rings (SSSR count). The fraction of sp³-hybridized carbons (Fsp3) is 0. The monoisotopic (exact) mass is 182 g/mol. The van der Waals surface area contributed by atoms with Gasteiger partial charge in [0.1, 0.15) is 17.1 Å². The molecule has 2 aromatic heterocycles. The zero-order chi connectivity index (χ0) is 9.38. The fourth-order valence-electron chi connectivity index (χ4n) is 1.37. The summed E-state index contributed by atoms with van der Waals surface area (Å²) in [6.45, 7) is 0. The molecule has 0 N–H and O–H groups in total. The molecule has 1 aliphatic heterocycles. The van der Waals surface area contributed by atoms with Crippen LogP contribution in [0.1, 0.15) is 0 Å². The molecule has 0 fully saturated rings. The first-order chi connectivity index (χ1) is 6.95. The predicted molar refractivity (Wildman–Crippen MR) is 51.6 cm³/mol. The van der Waals surface area contributed by atoms with Crippen LogP contribution in [-0.2, 0) is 0 Å². The van der Waals surface area contributed by atoms with Gasteiger partial charge in [-0.25, -0.2) is 0 Å². The molecule has 0 spiro atoms. The third-order valence-electron chi connectivity index (χ3n) is 2.07. The number of pyridine rings is 2. The first kappa shape index (κ1) is 7.32. The van der Waals surface area contributed by atoms with E-state index in [0.29, 0.717) is 0 Å². The van der Waals surface area contributed by atoms with E-state index in [9.17, 15) is 0 Å². The smallest absolute Gasteiger partial charge is 0.141 e. The second kappa shape index (κ2) is 2.70. The van der Waals surface area contributed by atoms with E-state index in [1.54, 1.807) is 12.4 Å². The zero-order valence-electron chi connectivity index (χ0n) is 7.25. The van der Waals surface area contributed by atoms with Crippen molar-refractivity contribution >= 4 is 11.4 Å². The number of fused-ring (bicyclic) bond motifs is 1. The summed E-state index contributed by atoms with van der Waals surface area (Å²) in [6.07, 6.45) is 3.47. The molecule has 2 aromatic rings. The minimum absolute atomic E-state index is 0.804. The number of rotatable bonds is 1. The quantitative estimate of drug-likeness (QED) is 0.581. The molecule has 1 aliphatic rings. The highest BCUT2D eigenvalue weighted by Gasteiger charge is 2.17. The van der Waals surface area contributed by atoms with Crippen LogP contribution in [0.2, 0.25) is 0 Å². The van der Waals surface area contributed by atoms with Crippen molar-refractivity contribution in [3.63, 3.8) is 0 Å². The van der Waals surface area contributed by atoms with Crippen molar-refractivity contribution in [3.8, 4) is 11.4 Å². The molecule has 0 radical (unpaired) electrons. The van der Waals surface area contributed by atoms with Gasteiger partial charge in [0.25, 0.3) is 0 Å². The van der Waals surface area contributed by atoms with E-state index in [-0.39, 0.29) is 0 Å². The minimum Gasteiger partial charge on any atom is -0.255 e. The molecule has 0 bridgehead atoms. The third-order valence-corrected chi connectivity index (χ3v) is 2.07. The molecule has 66 valence electrons. The van der Waals surface area contributed by atoms with E-state index >= 15 is 0 Å². The van der Waals surface area contributed by atoms with Gasteiger partial charge in [0.05, 0.1) is 5.69 Å². The Morgan fingerprint density at radius 3 is 2.57 bits per heavy atom. The Balaban J connectivity index is 2.20. The average Bonchev–Trinajstić information content (AvgIpc) is 2.21. The van der Waals surface area contributed by atoms with E-state index < -0.39 is 0 Å². The van der Waals surface area contributed by atoms with E-state index in [0.717, 1.165) is 22.8 Å². The van der Waals surface area contributed by atoms with Crippen LogP contribution in [0.15, 0.2) is 46.9 Å². The standard InChI is InChI=1S/C10H6N4/c1-2-5-11-7(3-1)9-10-8(13-14-10)4-6-12-9/h1-6H. The van der Waals surface area contributed by atoms with Crippen molar-refractivity contribution in [1.82, 2.24) is 9.97 Å². The lowest BCUT2D eigenvalue weighted by molar-refractivity contribution is 1.10. The van der Waals surface area contributed by atoms with Crippen molar-refractivity contribution in [2.75, 3.05) is 0 Å². The molecule has 0 aliphatic carbocycles. The molecule has 0 atom stereocenters. The molecule has 4 heteroatoms. The molecule has 0 saturated carbocycles. The van der Waals surface area contributed by atoms with E-state index in [4.69, 9.17) is 0 Å². The number of hydrogen-bond acceptors (Lipinski definition) is 4. The lowest BCUT2D eigenvalue weighted by atomic mass is 10.2. The molecule has 14 heavy (non-hydrogen) atoms. The molecule has 0 saturated heterocycles. The molecule has 0 amide bonds. The Bertz CT molecular complexity index is 505. The number of aromatic nitrogens is 2. The maximum Gasteiger partial charge on any atom is 0.141 e. The molecular weight excluding hydrogens is 176 g/mol. The van der Waals surface area contributed by atoms with Crippen molar-refractivity contribution in [2.45, 2.75) is 0 Å². The van der Waals surface area contributed by atoms with Crippen molar-refractivity contribution in [2.24, 2.45) is 10.2 Å². The van der Waals surface area contributed by atoms with Gasteiger partial charge in [-0.2, -0.15) is 0 Å². The first-order valence-corrected chi connectivity index (χ1v) is 4.27. The Labute approximate surface area is 80.4 Å². The largest absolute Gasteiger partial charge is 0.255 e. The van der Waals surface area contributed by atoms with Crippen LogP contribution in [-0.4, -0.2) is 9.97 Å². The lowest BCUT2D eigenvalue weighted by Gasteiger charge is -2.10. The van der Waals surface area contributed by atoms with Crippen molar-refractivity contribution < 1.29 is 0 Å². The summed E-state index contributed by atoms with van der Waals surface area (Å²) in [5, 5.41) is 7.81. The van der Waals surface area contributed by atoms with Crippen LogP contribution in [0, 0.1) is 0 Å². The van der Waals surface area contributed by atoms with Gasteiger partial charge in [0.2, 0.25) is 0 Å². The lowest BCUT2D eigenvalue weighted by Crippen LogP contribution is -1.89. The van der Waals surface area contributed by atoms with Crippen molar-refractivity contribution in [1.29, 1.82) is 0 Å². The predicted octanol–water partition coefficient (Wildman–Crippen LogP) is 2.87. The molecular formula is C10H6N4. The second-order valence-corrected chi connectivity index (χ2v) is 2.94. The summed E-state index contributed by atoms with van der Waals surface area (Å²) in [5.74, 6) is 0. The van der Waals surface area contributed by atoms with Gasteiger partial charge < -0.3 is 0 Å². The summed E-state index contributed by atoms with van der Waals surface area (Å²) in [7, 11) is 0. The third kappa shape index (κ3) is 0.939. The summed E-state index contributed by atoms with van der Waals surface area (Å²) in [6, 6.07) is 7.56. The normalized spacial score (nSPS) is 12.0. The molecule has 0 unspecified atom stereocenters. The fourth-order valence-corrected chi connectivity index (χ4v) is 1.37. The Hall–Kier alpha value is -2.10. The second-order valence-electron chi connectivity index (χ2n) is 2.94. The van der Waals surface area contributed by atoms with Gasteiger partial charge in [-0.3, -0.25) is 9.97 Å². The SMILES string of the molecule is c1ccc(-c2nccc3c2N=N3)nc1. The van der Waals surface area contributed by atoms with Crippen molar-refractivity contribution in [3.05, 3.63) is 36.7 Å². The van der Waals surface area contributed by atoms with Gasteiger partial charge >= 0.3 is 0 Å². The number of hydrogen-bond donors (Lipinski definition) is 0.